The number of aromatic nitrogens is 1. The first-order chi connectivity index (χ1) is 13.5. The normalized spacial score (nSPS) is 15.2. The zero-order valence-electron chi connectivity index (χ0n) is 15.3. The van der Waals surface area contributed by atoms with Gasteiger partial charge < -0.3 is 15.4 Å². The molecule has 1 aromatic carbocycles. The lowest BCUT2D eigenvalue weighted by Gasteiger charge is -2.28. The van der Waals surface area contributed by atoms with Crippen molar-refractivity contribution in [3.63, 3.8) is 0 Å². The van der Waals surface area contributed by atoms with Crippen molar-refractivity contribution in [2.75, 3.05) is 5.32 Å². The van der Waals surface area contributed by atoms with Crippen molar-refractivity contribution in [2.45, 2.75) is 44.4 Å². The molecule has 0 bridgehead atoms. The molecule has 3 rings (SSSR count). The average Bonchev–Trinajstić information content (AvgIpc) is 3.47. The van der Waals surface area contributed by atoms with Crippen LogP contribution in [0.3, 0.4) is 0 Å². The van der Waals surface area contributed by atoms with Gasteiger partial charge in [-0.2, -0.15) is 5.26 Å². The van der Waals surface area contributed by atoms with Crippen LogP contribution in [0.4, 0.5) is 15.0 Å². The van der Waals surface area contributed by atoms with Crippen molar-refractivity contribution in [1.82, 2.24) is 10.3 Å². The Balaban J connectivity index is 1.64. The number of rotatable bonds is 7. The number of amides is 1. The summed E-state index contributed by atoms with van der Waals surface area (Å²) in [6, 6.07) is 12.0. The molecule has 0 radical (unpaired) electrons. The molecular formula is C20H20ClFN4O2. The standard InChI is InChI=1S/C20H20ClFN4O2/c1-2-16(24-18-15(22)10-14(11-23)17(21)25-18)20(8-9-20)26-19(27)28-12-13-6-4-3-5-7-13/h3-7,10,16H,2,8-9,12H2,1H3,(H,24,25)(H,26,27)/t16-/m0/s1. The summed E-state index contributed by atoms with van der Waals surface area (Å²) >= 11 is 5.91. The van der Waals surface area contributed by atoms with Gasteiger partial charge in [0.25, 0.3) is 0 Å². The molecular weight excluding hydrogens is 383 g/mol. The molecule has 0 saturated heterocycles. The van der Waals surface area contributed by atoms with Crippen molar-refractivity contribution in [2.24, 2.45) is 0 Å². The first-order valence-corrected chi connectivity index (χ1v) is 9.37. The summed E-state index contributed by atoms with van der Waals surface area (Å²) < 4.78 is 19.5. The summed E-state index contributed by atoms with van der Waals surface area (Å²) in [5, 5.41) is 14.8. The number of carbonyl (C=O) groups is 1. The first-order valence-electron chi connectivity index (χ1n) is 8.99. The smallest absolute Gasteiger partial charge is 0.407 e. The van der Waals surface area contributed by atoms with Crippen LogP contribution in [0.1, 0.15) is 37.3 Å². The van der Waals surface area contributed by atoms with Gasteiger partial charge in [0.1, 0.15) is 17.8 Å². The van der Waals surface area contributed by atoms with Crippen LogP contribution < -0.4 is 10.6 Å². The van der Waals surface area contributed by atoms with E-state index in [1.165, 1.54) is 0 Å². The third-order valence-corrected chi connectivity index (χ3v) is 5.08. The Hall–Kier alpha value is -2.85. The highest BCUT2D eigenvalue weighted by molar-refractivity contribution is 6.30. The number of nitrogens with zero attached hydrogens (tertiary/aromatic N) is 2. The Morgan fingerprint density at radius 1 is 1.43 bits per heavy atom. The highest BCUT2D eigenvalue weighted by Gasteiger charge is 2.50. The molecule has 28 heavy (non-hydrogen) atoms. The monoisotopic (exact) mass is 402 g/mol. The Kier molecular flexibility index (Phi) is 6.00. The Bertz CT molecular complexity index is 897. The van der Waals surface area contributed by atoms with Crippen LogP contribution in [0.25, 0.3) is 0 Å². The van der Waals surface area contributed by atoms with E-state index in [0.717, 1.165) is 24.5 Å². The van der Waals surface area contributed by atoms with E-state index < -0.39 is 17.4 Å². The minimum absolute atomic E-state index is 0.0264. The van der Waals surface area contributed by atoms with Crippen LogP contribution >= 0.6 is 11.6 Å². The molecule has 2 N–H and O–H groups in total. The fourth-order valence-corrected chi connectivity index (χ4v) is 3.28. The van der Waals surface area contributed by atoms with Gasteiger partial charge in [-0.05, 0) is 30.9 Å². The maximum Gasteiger partial charge on any atom is 0.407 e. The van der Waals surface area contributed by atoms with Gasteiger partial charge in [0.2, 0.25) is 0 Å². The van der Waals surface area contributed by atoms with Crippen LogP contribution in [-0.4, -0.2) is 22.7 Å². The fraction of sp³-hybridized carbons (Fsp3) is 0.350. The minimum Gasteiger partial charge on any atom is -0.445 e. The summed E-state index contributed by atoms with van der Waals surface area (Å²) in [6.07, 6.45) is 1.58. The van der Waals surface area contributed by atoms with Crippen molar-refractivity contribution >= 4 is 23.5 Å². The largest absolute Gasteiger partial charge is 0.445 e. The molecule has 1 aliphatic carbocycles. The second kappa shape index (κ2) is 8.44. The maximum absolute atomic E-state index is 14.2. The fourth-order valence-electron chi connectivity index (χ4n) is 3.10. The Morgan fingerprint density at radius 3 is 2.75 bits per heavy atom. The predicted molar refractivity (Wildman–Crippen MR) is 103 cm³/mol. The highest BCUT2D eigenvalue weighted by Crippen LogP contribution is 2.41. The van der Waals surface area contributed by atoms with Crippen LogP contribution in [0.15, 0.2) is 36.4 Å². The molecule has 1 aromatic heterocycles. The summed E-state index contributed by atoms with van der Waals surface area (Å²) in [7, 11) is 0. The summed E-state index contributed by atoms with van der Waals surface area (Å²) in [4.78, 5) is 16.2. The number of pyridine rings is 1. The maximum atomic E-state index is 14.2. The van der Waals surface area contributed by atoms with Gasteiger partial charge in [0.05, 0.1) is 17.1 Å². The Labute approximate surface area is 167 Å². The third kappa shape index (κ3) is 4.52. The van der Waals surface area contributed by atoms with E-state index in [2.05, 4.69) is 15.6 Å². The molecule has 1 amide bonds. The number of anilines is 1. The van der Waals surface area contributed by atoms with Crippen molar-refractivity contribution in [1.29, 1.82) is 5.26 Å². The first kappa shape index (κ1) is 19.9. The third-order valence-electron chi connectivity index (χ3n) is 4.79. The van der Waals surface area contributed by atoms with Crippen molar-refractivity contribution in [3.05, 3.63) is 58.5 Å². The number of hydrogen-bond acceptors (Lipinski definition) is 5. The van der Waals surface area contributed by atoms with Crippen LogP contribution in [0.2, 0.25) is 5.15 Å². The van der Waals surface area contributed by atoms with Crippen molar-refractivity contribution in [3.8, 4) is 6.07 Å². The molecule has 146 valence electrons. The van der Waals surface area contributed by atoms with Crippen LogP contribution in [0, 0.1) is 17.1 Å². The number of ether oxygens (including phenoxy) is 1. The van der Waals surface area contributed by atoms with E-state index in [1.54, 1.807) is 6.07 Å². The van der Waals surface area contributed by atoms with E-state index >= 15 is 0 Å². The lowest BCUT2D eigenvalue weighted by Crippen LogP contribution is -2.49. The second-order valence-corrected chi connectivity index (χ2v) is 7.08. The minimum atomic E-state index is -0.665. The van der Waals surface area contributed by atoms with E-state index in [4.69, 9.17) is 21.6 Å². The number of alkyl carbamates (subject to hydrolysis) is 1. The topological polar surface area (TPSA) is 87.0 Å². The molecule has 0 aliphatic heterocycles. The van der Waals surface area contributed by atoms with Gasteiger partial charge in [-0.25, -0.2) is 14.2 Å². The van der Waals surface area contributed by atoms with Gasteiger partial charge in [0.15, 0.2) is 11.6 Å². The van der Waals surface area contributed by atoms with Gasteiger partial charge in [-0.1, -0.05) is 48.9 Å². The van der Waals surface area contributed by atoms with E-state index in [0.29, 0.717) is 6.42 Å². The number of nitrogens with one attached hydrogen (secondary N) is 2. The number of carbonyl (C=O) groups excluding carboxylic acids is 1. The summed E-state index contributed by atoms with van der Waals surface area (Å²) in [6.45, 7) is 2.10. The molecule has 1 fully saturated rings. The zero-order valence-corrected chi connectivity index (χ0v) is 16.1. The number of halogens is 2. The summed E-state index contributed by atoms with van der Waals surface area (Å²) in [5.41, 5.74) is 0.337. The van der Waals surface area contributed by atoms with Crippen LogP contribution in [-0.2, 0) is 11.3 Å². The van der Waals surface area contributed by atoms with Gasteiger partial charge in [-0.15, -0.1) is 0 Å². The SMILES string of the molecule is CC[C@H](Nc1nc(Cl)c(C#N)cc1F)C1(NC(=O)OCc2ccccc2)CC1. The van der Waals surface area contributed by atoms with E-state index in [9.17, 15) is 9.18 Å². The molecule has 0 spiro atoms. The van der Waals surface area contributed by atoms with Gasteiger partial charge in [-0.3, -0.25) is 0 Å². The molecule has 1 aliphatic rings. The second-order valence-electron chi connectivity index (χ2n) is 6.72. The van der Waals surface area contributed by atoms with E-state index in [1.807, 2.05) is 37.3 Å². The number of nitriles is 1. The quantitative estimate of drug-likeness (QED) is 0.670. The molecule has 1 atom stereocenters. The highest BCUT2D eigenvalue weighted by atomic mass is 35.5. The number of hydrogen-bond donors (Lipinski definition) is 2. The molecule has 0 unspecified atom stereocenters. The molecule has 1 heterocycles. The molecule has 6 nitrogen and oxygen atoms in total. The molecule has 8 heteroatoms. The predicted octanol–water partition coefficient (Wildman–Crippen LogP) is 4.40. The lowest BCUT2D eigenvalue weighted by atomic mass is 10.0. The zero-order chi connectivity index (χ0) is 20.1. The number of benzene rings is 1. The van der Waals surface area contributed by atoms with E-state index in [-0.39, 0.29) is 29.2 Å². The molecule has 1 saturated carbocycles. The Morgan fingerprint density at radius 2 is 2.14 bits per heavy atom. The van der Waals surface area contributed by atoms with Crippen molar-refractivity contribution < 1.29 is 13.9 Å². The summed E-state index contributed by atoms with van der Waals surface area (Å²) in [5.74, 6) is -0.705. The van der Waals surface area contributed by atoms with Gasteiger partial charge in [0, 0.05) is 0 Å². The van der Waals surface area contributed by atoms with Gasteiger partial charge >= 0.3 is 6.09 Å². The van der Waals surface area contributed by atoms with Crippen LogP contribution in [0.5, 0.6) is 0 Å². The lowest BCUT2D eigenvalue weighted by molar-refractivity contribution is 0.132. The molecule has 2 aromatic rings. The average molecular weight is 403 g/mol.